The lowest BCUT2D eigenvalue weighted by atomic mass is 10.2. The third-order valence-corrected chi connectivity index (χ3v) is 5.08. The molecule has 3 rings (SSSR count). The first-order chi connectivity index (χ1) is 10.2. The Balaban J connectivity index is 2.05. The molecule has 0 spiro atoms. The van der Waals surface area contributed by atoms with Gasteiger partial charge in [0.1, 0.15) is 10.7 Å². The highest BCUT2D eigenvalue weighted by Gasteiger charge is 2.14. The maximum absolute atomic E-state index is 4.76. The Morgan fingerprint density at radius 1 is 1.24 bits per heavy atom. The number of thiazole rings is 1. The van der Waals surface area contributed by atoms with Crippen LogP contribution in [0.15, 0.2) is 34.8 Å². The van der Waals surface area contributed by atoms with Gasteiger partial charge in [-0.15, -0.1) is 11.3 Å². The summed E-state index contributed by atoms with van der Waals surface area (Å²) in [5, 5.41) is 5.46. The smallest absolute Gasteiger partial charge is 0.143 e. The molecule has 3 aromatic rings. The summed E-state index contributed by atoms with van der Waals surface area (Å²) >= 11 is 5.34. The lowest BCUT2D eigenvalue weighted by molar-refractivity contribution is 0.731. The molecule has 21 heavy (non-hydrogen) atoms. The minimum Gasteiger partial charge on any atom is -0.312 e. The second-order valence-corrected chi connectivity index (χ2v) is 6.76. The average Bonchev–Trinajstić information content (AvgIpc) is 2.85. The number of pyridine rings is 1. The molecule has 0 bridgehead atoms. The highest BCUT2D eigenvalue weighted by Crippen LogP contribution is 2.33. The van der Waals surface area contributed by atoms with Crippen LogP contribution in [0.4, 0.5) is 0 Å². The summed E-state index contributed by atoms with van der Waals surface area (Å²) in [5.74, 6) is 0. The highest BCUT2D eigenvalue weighted by atomic mass is 79.9. The molecule has 0 saturated carbocycles. The minimum atomic E-state index is 0.866. The van der Waals surface area contributed by atoms with E-state index in [-0.39, 0.29) is 0 Å². The van der Waals surface area contributed by atoms with Crippen LogP contribution in [0.2, 0.25) is 0 Å². The monoisotopic (exact) mass is 361 g/mol. The Hall–Kier alpha value is -1.30. The van der Waals surface area contributed by atoms with Crippen LogP contribution in [0.3, 0.4) is 0 Å². The molecule has 2 heterocycles. The summed E-state index contributed by atoms with van der Waals surface area (Å²) in [7, 11) is 0. The van der Waals surface area contributed by atoms with Crippen LogP contribution in [-0.4, -0.2) is 16.5 Å². The first kappa shape index (κ1) is 14.6. The van der Waals surface area contributed by atoms with Gasteiger partial charge in [-0.2, -0.15) is 0 Å². The second kappa shape index (κ2) is 6.22. The zero-order chi connectivity index (χ0) is 14.8. The topological polar surface area (TPSA) is 37.8 Å². The van der Waals surface area contributed by atoms with E-state index in [4.69, 9.17) is 4.98 Å². The molecule has 2 aromatic heterocycles. The van der Waals surface area contributed by atoms with E-state index in [1.165, 1.54) is 4.88 Å². The first-order valence-corrected chi connectivity index (χ1v) is 8.52. The number of nitrogens with one attached hydrogen (secondary N) is 1. The average molecular weight is 362 g/mol. The van der Waals surface area contributed by atoms with Gasteiger partial charge in [0, 0.05) is 21.3 Å². The van der Waals surface area contributed by atoms with E-state index in [2.05, 4.69) is 52.2 Å². The predicted molar refractivity (Wildman–Crippen MR) is 92.7 cm³/mol. The maximum atomic E-state index is 4.76. The number of halogens is 1. The molecule has 0 aliphatic carbocycles. The van der Waals surface area contributed by atoms with Crippen molar-refractivity contribution in [3.8, 4) is 10.7 Å². The number of aryl methyl sites for hydroxylation is 1. The van der Waals surface area contributed by atoms with Crippen molar-refractivity contribution in [2.45, 2.75) is 20.4 Å². The van der Waals surface area contributed by atoms with Crippen molar-refractivity contribution >= 4 is 38.2 Å². The lowest BCUT2D eigenvalue weighted by Crippen LogP contribution is -2.11. The van der Waals surface area contributed by atoms with Gasteiger partial charge in [-0.25, -0.2) is 9.97 Å². The van der Waals surface area contributed by atoms with Gasteiger partial charge < -0.3 is 5.32 Å². The molecule has 0 saturated heterocycles. The van der Waals surface area contributed by atoms with Crippen LogP contribution >= 0.6 is 27.3 Å². The Bertz CT molecular complexity index is 782. The second-order valence-electron chi connectivity index (χ2n) is 4.82. The molecule has 1 aromatic carbocycles. The van der Waals surface area contributed by atoms with Crippen molar-refractivity contribution < 1.29 is 0 Å². The summed E-state index contributed by atoms with van der Waals surface area (Å²) < 4.78 is 0.991. The fraction of sp³-hybridized carbons (Fsp3) is 0.250. The van der Waals surface area contributed by atoms with E-state index < -0.39 is 0 Å². The molecule has 3 nitrogen and oxygen atoms in total. The van der Waals surface area contributed by atoms with E-state index in [1.807, 2.05) is 18.2 Å². The van der Waals surface area contributed by atoms with Crippen molar-refractivity contribution in [2.24, 2.45) is 0 Å². The van der Waals surface area contributed by atoms with Crippen LogP contribution in [0.25, 0.3) is 21.6 Å². The molecule has 0 atom stereocenters. The van der Waals surface area contributed by atoms with Crippen molar-refractivity contribution in [1.82, 2.24) is 15.3 Å². The number of hydrogen-bond donors (Lipinski definition) is 1. The van der Waals surface area contributed by atoms with Gasteiger partial charge >= 0.3 is 0 Å². The fourth-order valence-electron chi connectivity index (χ4n) is 2.17. The van der Waals surface area contributed by atoms with Crippen LogP contribution in [0.1, 0.15) is 17.5 Å². The summed E-state index contributed by atoms with van der Waals surface area (Å²) in [6.45, 7) is 6.00. The van der Waals surface area contributed by atoms with E-state index in [9.17, 15) is 0 Å². The summed E-state index contributed by atoms with van der Waals surface area (Å²) in [5.41, 5.74) is 3.00. The van der Waals surface area contributed by atoms with Gasteiger partial charge in [-0.05, 0) is 41.5 Å². The molecule has 0 radical (unpaired) electrons. The molecule has 108 valence electrons. The van der Waals surface area contributed by atoms with E-state index >= 15 is 0 Å². The zero-order valence-electron chi connectivity index (χ0n) is 12.0. The van der Waals surface area contributed by atoms with Gasteiger partial charge in [0.15, 0.2) is 0 Å². The van der Waals surface area contributed by atoms with E-state index in [0.717, 1.165) is 44.9 Å². The van der Waals surface area contributed by atoms with Gasteiger partial charge in [0.05, 0.1) is 11.2 Å². The maximum Gasteiger partial charge on any atom is 0.143 e. The number of fused-ring (bicyclic) bond motifs is 1. The van der Waals surface area contributed by atoms with Crippen LogP contribution in [0.5, 0.6) is 0 Å². The molecular weight excluding hydrogens is 346 g/mol. The molecule has 0 fully saturated rings. The normalized spacial score (nSPS) is 11.2. The first-order valence-electron chi connectivity index (χ1n) is 6.91. The van der Waals surface area contributed by atoms with Crippen LogP contribution in [-0.2, 0) is 6.54 Å². The molecule has 0 unspecified atom stereocenters. The van der Waals surface area contributed by atoms with Crippen LogP contribution in [0, 0.1) is 6.92 Å². The Kier molecular flexibility index (Phi) is 4.33. The van der Waals surface area contributed by atoms with Crippen molar-refractivity contribution in [3.05, 3.63) is 45.4 Å². The Morgan fingerprint density at radius 2 is 2.05 bits per heavy atom. The summed E-state index contributed by atoms with van der Waals surface area (Å²) in [6, 6.07) is 10.2. The standard InChI is InChI=1S/C16H16BrN3S/c1-3-18-9-14-10(2)19-16(21-14)15-12(17)8-11-6-4-5-7-13(11)20-15/h4-8,18H,3,9H2,1-2H3. The van der Waals surface area contributed by atoms with Crippen molar-refractivity contribution in [1.29, 1.82) is 0 Å². The number of benzene rings is 1. The molecule has 0 aliphatic heterocycles. The molecular formula is C16H16BrN3S. The van der Waals surface area contributed by atoms with Gasteiger partial charge in [0.2, 0.25) is 0 Å². The lowest BCUT2D eigenvalue weighted by Gasteiger charge is -2.03. The Morgan fingerprint density at radius 3 is 2.86 bits per heavy atom. The fourth-order valence-corrected chi connectivity index (χ4v) is 3.86. The van der Waals surface area contributed by atoms with Crippen molar-refractivity contribution in [2.75, 3.05) is 6.54 Å². The molecule has 1 N–H and O–H groups in total. The quantitative estimate of drug-likeness (QED) is 0.741. The number of hydrogen-bond acceptors (Lipinski definition) is 4. The van der Waals surface area contributed by atoms with Gasteiger partial charge in [0.25, 0.3) is 0 Å². The summed E-state index contributed by atoms with van der Waals surface area (Å²) in [4.78, 5) is 10.7. The third kappa shape index (κ3) is 3.00. The SMILES string of the molecule is CCNCc1sc(-c2nc3ccccc3cc2Br)nc1C. The molecule has 0 amide bonds. The number of nitrogens with zero attached hydrogens (tertiary/aromatic N) is 2. The number of para-hydroxylation sites is 1. The third-order valence-electron chi connectivity index (χ3n) is 3.31. The summed E-state index contributed by atoms with van der Waals surface area (Å²) in [6.07, 6.45) is 0. The van der Waals surface area contributed by atoms with Crippen molar-refractivity contribution in [3.63, 3.8) is 0 Å². The molecule has 5 heteroatoms. The number of aromatic nitrogens is 2. The largest absolute Gasteiger partial charge is 0.312 e. The van der Waals surface area contributed by atoms with Crippen LogP contribution < -0.4 is 5.32 Å². The highest BCUT2D eigenvalue weighted by molar-refractivity contribution is 9.10. The minimum absolute atomic E-state index is 0.866. The van der Waals surface area contributed by atoms with E-state index in [1.54, 1.807) is 11.3 Å². The molecule has 0 aliphatic rings. The van der Waals surface area contributed by atoms with E-state index in [0.29, 0.717) is 0 Å². The Labute approximate surface area is 136 Å². The van der Waals surface area contributed by atoms with Gasteiger partial charge in [-0.3, -0.25) is 0 Å². The predicted octanol–water partition coefficient (Wildman–Crippen LogP) is 4.54. The number of rotatable bonds is 4. The zero-order valence-corrected chi connectivity index (χ0v) is 14.4. The van der Waals surface area contributed by atoms with Gasteiger partial charge in [-0.1, -0.05) is 25.1 Å².